The molecule has 2 aliphatic rings. The number of carbonyl (C=O) groups excluding carboxylic acids is 3. The Labute approximate surface area is 236 Å². The van der Waals surface area contributed by atoms with Crippen LogP contribution in [0.4, 0.5) is 0 Å². The molecule has 3 aromatic heterocycles. The highest BCUT2D eigenvalue weighted by atomic mass is 16.5. The molecule has 210 valence electrons. The molecule has 0 unspecified atom stereocenters. The van der Waals surface area contributed by atoms with E-state index in [1.165, 1.54) is 4.90 Å². The fraction of sp³-hybridized carbons (Fsp3) is 0.333. The third kappa shape index (κ3) is 5.88. The molecule has 0 saturated carbocycles. The van der Waals surface area contributed by atoms with Gasteiger partial charge in [-0.2, -0.15) is 0 Å². The van der Waals surface area contributed by atoms with Crippen LogP contribution in [0, 0.1) is 0 Å². The molecule has 41 heavy (non-hydrogen) atoms. The summed E-state index contributed by atoms with van der Waals surface area (Å²) in [5.74, 6) is -0.117. The van der Waals surface area contributed by atoms with Crippen molar-refractivity contribution in [1.29, 1.82) is 0 Å². The first-order valence-corrected chi connectivity index (χ1v) is 13.7. The van der Waals surface area contributed by atoms with E-state index in [1.54, 1.807) is 35.6 Å². The summed E-state index contributed by atoms with van der Waals surface area (Å²) in [5.41, 5.74) is 2.15. The highest BCUT2D eigenvalue weighted by Gasteiger charge is 2.38. The molecule has 1 fully saturated rings. The van der Waals surface area contributed by atoms with Gasteiger partial charge in [-0.25, -0.2) is 4.98 Å². The van der Waals surface area contributed by atoms with Gasteiger partial charge in [0, 0.05) is 44.1 Å². The Bertz CT molecular complexity index is 1560. The highest BCUT2D eigenvalue weighted by molar-refractivity contribution is 6.03. The molecule has 6 rings (SSSR count). The second kappa shape index (κ2) is 11.7. The number of aromatic nitrogens is 3. The van der Waals surface area contributed by atoms with E-state index in [0.717, 1.165) is 16.9 Å². The summed E-state index contributed by atoms with van der Waals surface area (Å²) in [6.45, 7) is 1.45. The number of benzene rings is 1. The molecule has 11 nitrogen and oxygen atoms in total. The van der Waals surface area contributed by atoms with E-state index in [9.17, 15) is 14.4 Å². The molecule has 1 saturated heterocycles. The van der Waals surface area contributed by atoms with Gasteiger partial charge in [-0.05, 0) is 54.3 Å². The topological polar surface area (TPSA) is 131 Å². The number of fused-ring (bicyclic) bond motifs is 5. The van der Waals surface area contributed by atoms with Crippen LogP contribution >= 0.6 is 0 Å². The Morgan fingerprint density at radius 1 is 1.02 bits per heavy atom. The number of hydrogen-bond donors (Lipinski definition) is 1. The van der Waals surface area contributed by atoms with Gasteiger partial charge in [-0.15, -0.1) is 0 Å². The Hall–Kier alpha value is -4.80. The maximum atomic E-state index is 13.5. The summed E-state index contributed by atoms with van der Waals surface area (Å²) in [5, 5.41) is 7.51. The first-order chi connectivity index (χ1) is 20.0. The van der Waals surface area contributed by atoms with Crippen LogP contribution in [-0.2, 0) is 16.0 Å². The summed E-state index contributed by atoms with van der Waals surface area (Å²) in [6.07, 6.45) is 6.49. The summed E-state index contributed by atoms with van der Waals surface area (Å²) >= 11 is 0. The zero-order valence-corrected chi connectivity index (χ0v) is 22.4. The van der Waals surface area contributed by atoms with Crippen LogP contribution < -0.4 is 10.1 Å². The first-order valence-electron chi connectivity index (χ1n) is 13.7. The van der Waals surface area contributed by atoms with Crippen molar-refractivity contribution >= 4 is 28.8 Å². The average molecular weight is 555 g/mol. The van der Waals surface area contributed by atoms with Crippen LogP contribution in [0.5, 0.6) is 5.75 Å². The smallest absolute Gasteiger partial charge is 0.293 e. The standard InChI is InChI=1S/C30H30N6O5/c37-26-19-35(30(39)28-23-9-5-11-32-29(23)34-41-28)12-1-2-13-40-22-8-3-7-21(15-22)24-17-36(18-25(24)33-26)27(38)14-20-6-4-10-31-16-20/h3-11,15-16,24-25H,1-2,12-14,17-19H2,(H,33,37)/t24-,25+/m1/s1. The molecule has 1 aromatic carbocycles. The van der Waals surface area contributed by atoms with E-state index >= 15 is 0 Å². The number of rotatable bonds is 3. The monoisotopic (exact) mass is 554 g/mol. The molecule has 0 spiro atoms. The number of nitrogens with one attached hydrogen (secondary N) is 1. The second-order valence-corrected chi connectivity index (χ2v) is 10.4. The summed E-state index contributed by atoms with van der Waals surface area (Å²) in [7, 11) is 0. The average Bonchev–Trinajstić information content (AvgIpc) is 3.61. The van der Waals surface area contributed by atoms with E-state index in [1.807, 2.05) is 36.4 Å². The maximum absolute atomic E-state index is 13.5. The zero-order chi connectivity index (χ0) is 28.2. The van der Waals surface area contributed by atoms with Crippen molar-refractivity contribution in [3.63, 3.8) is 0 Å². The lowest BCUT2D eigenvalue weighted by molar-refractivity contribution is -0.130. The SMILES string of the molecule is O=C1CN(C(=O)c2onc3ncccc23)CCCCOc2cccc(c2)[C@H]2CN(C(=O)Cc3cccnc3)C[C@@H]2N1. The Morgan fingerprint density at radius 2 is 1.93 bits per heavy atom. The molecule has 5 heterocycles. The van der Waals surface area contributed by atoms with Crippen LogP contribution in [0.1, 0.15) is 40.4 Å². The molecule has 2 aliphatic heterocycles. The number of amides is 3. The molecule has 11 heteroatoms. The van der Waals surface area contributed by atoms with E-state index < -0.39 is 5.91 Å². The Kier molecular flexibility index (Phi) is 7.57. The Balaban J connectivity index is 1.24. The summed E-state index contributed by atoms with van der Waals surface area (Å²) < 4.78 is 11.4. The van der Waals surface area contributed by atoms with Crippen molar-refractivity contribution in [3.8, 4) is 5.75 Å². The quantitative estimate of drug-likeness (QED) is 0.409. The summed E-state index contributed by atoms with van der Waals surface area (Å²) in [4.78, 5) is 51.7. The Morgan fingerprint density at radius 3 is 2.80 bits per heavy atom. The molecule has 0 radical (unpaired) electrons. The minimum atomic E-state index is -0.426. The maximum Gasteiger partial charge on any atom is 0.293 e. The molecule has 4 aromatic rings. The molecular formula is C30H30N6O5. The van der Waals surface area contributed by atoms with E-state index in [0.29, 0.717) is 50.1 Å². The van der Waals surface area contributed by atoms with E-state index in [2.05, 4.69) is 20.4 Å². The van der Waals surface area contributed by atoms with Crippen molar-refractivity contribution in [2.24, 2.45) is 0 Å². The highest BCUT2D eigenvalue weighted by Crippen LogP contribution is 2.31. The fourth-order valence-electron chi connectivity index (χ4n) is 5.47. The second-order valence-electron chi connectivity index (χ2n) is 10.4. The minimum absolute atomic E-state index is 0.0346. The minimum Gasteiger partial charge on any atom is -0.494 e. The van der Waals surface area contributed by atoms with Crippen molar-refractivity contribution < 1.29 is 23.6 Å². The lowest BCUT2D eigenvalue weighted by atomic mass is 9.94. The van der Waals surface area contributed by atoms with Crippen LogP contribution in [0.25, 0.3) is 11.0 Å². The van der Waals surface area contributed by atoms with Crippen molar-refractivity contribution in [2.45, 2.75) is 31.2 Å². The van der Waals surface area contributed by atoms with Gasteiger partial charge in [0.25, 0.3) is 5.91 Å². The molecule has 0 aliphatic carbocycles. The molecule has 3 amide bonds. The molecular weight excluding hydrogens is 524 g/mol. The van der Waals surface area contributed by atoms with E-state index in [4.69, 9.17) is 9.26 Å². The van der Waals surface area contributed by atoms with Gasteiger partial charge >= 0.3 is 0 Å². The first kappa shape index (κ1) is 26.4. The lowest BCUT2D eigenvalue weighted by Gasteiger charge is -2.25. The third-order valence-electron chi connectivity index (χ3n) is 7.55. The fourth-order valence-corrected chi connectivity index (χ4v) is 5.47. The van der Waals surface area contributed by atoms with Gasteiger partial charge < -0.3 is 24.4 Å². The lowest BCUT2D eigenvalue weighted by Crippen LogP contribution is -2.47. The number of hydrogen-bond acceptors (Lipinski definition) is 8. The number of carbonyl (C=O) groups is 3. The number of ether oxygens (including phenoxy) is 1. The van der Waals surface area contributed by atoms with Gasteiger partial charge in [0.1, 0.15) is 5.75 Å². The van der Waals surface area contributed by atoms with Crippen LogP contribution in [-0.4, -0.2) is 81.5 Å². The zero-order valence-electron chi connectivity index (χ0n) is 22.4. The largest absolute Gasteiger partial charge is 0.494 e. The van der Waals surface area contributed by atoms with Crippen molar-refractivity contribution in [1.82, 2.24) is 30.2 Å². The molecule has 2 atom stereocenters. The van der Waals surface area contributed by atoms with E-state index in [-0.39, 0.29) is 42.5 Å². The van der Waals surface area contributed by atoms with Crippen LogP contribution in [0.3, 0.4) is 0 Å². The number of nitrogens with zero attached hydrogens (tertiary/aromatic N) is 5. The van der Waals surface area contributed by atoms with Gasteiger partial charge in [0.05, 0.1) is 31.0 Å². The van der Waals surface area contributed by atoms with Gasteiger partial charge in [-0.3, -0.25) is 19.4 Å². The normalized spacial score (nSPS) is 19.7. The van der Waals surface area contributed by atoms with Gasteiger partial charge in [-0.1, -0.05) is 23.4 Å². The summed E-state index contributed by atoms with van der Waals surface area (Å²) in [6, 6.07) is 14.6. The third-order valence-corrected chi connectivity index (χ3v) is 7.55. The van der Waals surface area contributed by atoms with Crippen LogP contribution in [0.15, 0.2) is 71.6 Å². The van der Waals surface area contributed by atoms with Crippen molar-refractivity contribution in [2.75, 3.05) is 32.8 Å². The number of likely N-dealkylation sites (tertiary alicyclic amines) is 1. The van der Waals surface area contributed by atoms with Gasteiger partial charge in [0.2, 0.25) is 23.2 Å². The van der Waals surface area contributed by atoms with Crippen LogP contribution in [0.2, 0.25) is 0 Å². The number of pyridine rings is 2. The predicted octanol–water partition coefficient (Wildman–Crippen LogP) is 2.59. The van der Waals surface area contributed by atoms with Gasteiger partial charge in [0.15, 0.2) is 0 Å². The molecule has 1 N–H and O–H groups in total. The predicted molar refractivity (Wildman–Crippen MR) is 148 cm³/mol. The van der Waals surface area contributed by atoms with Crippen molar-refractivity contribution in [3.05, 3.63) is 84.0 Å². The molecule has 2 bridgehead atoms.